The smallest absolute Gasteiger partial charge is 0.305 e. The van der Waals surface area contributed by atoms with Crippen LogP contribution in [0.15, 0.2) is 79.0 Å². The Morgan fingerprint density at radius 2 is 1.46 bits per heavy atom. The number of imidazole rings is 1. The number of esters is 1. The minimum Gasteiger partial charge on any atom is -0.497 e. The van der Waals surface area contributed by atoms with Crippen LogP contribution in [0.5, 0.6) is 11.5 Å². The zero-order valence-corrected chi connectivity index (χ0v) is 21.5. The minimum atomic E-state index is -0.217. The molecule has 1 heterocycles. The summed E-state index contributed by atoms with van der Waals surface area (Å²) in [4.78, 5) is 16.0. The molecule has 0 saturated carbocycles. The Kier molecular flexibility index (Phi) is 8.76. The summed E-state index contributed by atoms with van der Waals surface area (Å²) in [5.74, 6) is 2.32. The summed E-state index contributed by atoms with van der Waals surface area (Å²) >= 11 is 0. The van der Waals surface area contributed by atoms with Gasteiger partial charge in [0, 0.05) is 24.7 Å². The van der Waals surface area contributed by atoms with E-state index in [9.17, 15) is 4.79 Å². The van der Waals surface area contributed by atoms with Crippen LogP contribution in [0.1, 0.15) is 31.2 Å². The van der Waals surface area contributed by atoms with Crippen LogP contribution >= 0.6 is 0 Å². The fourth-order valence-electron chi connectivity index (χ4n) is 3.93. The zero-order valence-electron chi connectivity index (χ0n) is 21.5. The second kappa shape index (κ2) is 12.6. The molecule has 0 aliphatic carbocycles. The first-order chi connectivity index (χ1) is 18.1. The third-order valence-electron chi connectivity index (χ3n) is 6.08. The average molecular weight is 497 g/mol. The van der Waals surface area contributed by atoms with Crippen molar-refractivity contribution in [3.05, 3.63) is 90.4 Å². The van der Waals surface area contributed by atoms with Crippen LogP contribution in [0.3, 0.4) is 0 Å². The molecule has 4 rings (SSSR count). The first-order valence-corrected chi connectivity index (χ1v) is 12.4. The number of aromatic nitrogens is 2. The summed E-state index contributed by atoms with van der Waals surface area (Å²) in [5, 5.41) is 0. The molecule has 1 aromatic heterocycles. The van der Waals surface area contributed by atoms with Crippen LogP contribution in [0.4, 0.5) is 0 Å². The Balaban J connectivity index is 1.38. The van der Waals surface area contributed by atoms with Crippen molar-refractivity contribution < 1.29 is 19.0 Å². The number of carbonyl (C=O) groups excluding carboxylic acids is 1. The van der Waals surface area contributed by atoms with E-state index in [1.165, 1.54) is 7.11 Å². The van der Waals surface area contributed by atoms with Crippen molar-refractivity contribution in [2.24, 2.45) is 0 Å². The largest absolute Gasteiger partial charge is 0.497 e. The number of nitrogens with zero attached hydrogens (tertiary/aromatic N) is 2. The number of benzene rings is 3. The van der Waals surface area contributed by atoms with Crippen molar-refractivity contribution in [1.82, 2.24) is 9.55 Å². The van der Waals surface area contributed by atoms with Crippen LogP contribution in [-0.2, 0) is 16.1 Å². The molecule has 37 heavy (non-hydrogen) atoms. The highest BCUT2D eigenvalue weighted by Crippen LogP contribution is 2.25. The molecule has 0 unspecified atom stereocenters. The molecular formula is C31H32N2O4. The van der Waals surface area contributed by atoms with Crippen molar-refractivity contribution in [1.29, 1.82) is 0 Å². The topological polar surface area (TPSA) is 62.6 Å². The molecule has 0 amide bonds. The van der Waals surface area contributed by atoms with Gasteiger partial charge < -0.3 is 18.8 Å². The lowest BCUT2D eigenvalue weighted by atomic mass is 10.0. The van der Waals surface area contributed by atoms with Gasteiger partial charge in [-0.2, -0.15) is 0 Å². The second-order valence-corrected chi connectivity index (χ2v) is 8.51. The van der Waals surface area contributed by atoms with Crippen LogP contribution in [-0.4, -0.2) is 36.3 Å². The molecule has 6 heteroatoms. The van der Waals surface area contributed by atoms with Crippen molar-refractivity contribution in [3.8, 4) is 33.9 Å². The van der Waals surface area contributed by atoms with E-state index in [0.29, 0.717) is 19.4 Å². The van der Waals surface area contributed by atoms with Gasteiger partial charge in [-0.15, -0.1) is 0 Å². The predicted molar refractivity (Wildman–Crippen MR) is 147 cm³/mol. The molecule has 6 nitrogen and oxygen atoms in total. The lowest BCUT2D eigenvalue weighted by Crippen LogP contribution is -2.04. The molecule has 0 spiro atoms. The first kappa shape index (κ1) is 25.8. The van der Waals surface area contributed by atoms with Gasteiger partial charge >= 0.3 is 5.97 Å². The van der Waals surface area contributed by atoms with Gasteiger partial charge in [0.2, 0.25) is 0 Å². The van der Waals surface area contributed by atoms with Gasteiger partial charge in [0.05, 0.1) is 26.5 Å². The number of methoxy groups -OCH3 is 2. The van der Waals surface area contributed by atoms with Gasteiger partial charge in [-0.3, -0.25) is 4.79 Å². The highest BCUT2D eigenvalue weighted by Gasteiger charge is 2.07. The molecule has 0 atom stereocenters. The molecule has 0 aliphatic rings. The Morgan fingerprint density at radius 1 is 0.838 bits per heavy atom. The maximum absolute atomic E-state index is 11.2. The summed E-state index contributed by atoms with van der Waals surface area (Å²) < 4.78 is 17.8. The van der Waals surface area contributed by atoms with E-state index >= 15 is 0 Å². The van der Waals surface area contributed by atoms with Crippen LogP contribution in [0.2, 0.25) is 0 Å². The van der Waals surface area contributed by atoms with Gasteiger partial charge in [-0.05, 0) is 72.5 Å². The van der Waals surface area contributed by atoms with E-state index in [1.807, 2.05) is 48.5 Å². The lowest BCUT2D eigenvalue weighted by molar-refractivity contribution is -0.140. The molecule has 190 valence electrons. The van der Waals surface area contributed by atoms with Crippen LogP contribution < -0.4 is 9.47 Å². The minimum absolute atomic E-state index is 0.217. The van der Waals surface area contributed by atoms with Gasteiger partial charge in [-0.1, -0.05) is 42.5 Å². The Morgan fingerprint density at radius 3 is 2.08 bits per heavy atom. The number of hydrogen-bond acceptors (Lipinski definition) is 5. The highest BCUT2D eigenvalue weighted by molar-refractivity contribution is 5.72. The quantitative estimate of drug-likeness (QED) is 0.170. The van der Waals surface area contributed by atoms with E-state index in [2.05, 4.69) is 58.8 Å². The number of ether oxygens (including phenoxy) is 3. The van der Waals surface area contributed by atoms with E-state index in [-0.39, 0.29) is 5.97 Å². The van der Waals surface area contributed by atoms with Gasteiger partial charge in [0.15, 0.2) is 0 Å². The normalized spacial score (nSPS) is 11.0. The highest BCUT2D eigenvalue weighted by atomic mass is 16.5. The average Bonchev–Trinajstić information content (AvgIpc) is 3.38. The van der Waals surface area contributed by atoms with Gasteiger partial charge in [-0.25, -0.2) is 4.98 Å². The Hall–Kier alpha value is -4.32. The standard InChI is InChI=1S/C31H32N2O4/c1-4-33-22-29(26-14-16-27(35-2)17-15-26)32-30(33)20-9-23-7-10-24(11-8-23)25-12-18-28(19-13-25)37-21-5-6-31(34)36-3/h7-20,22H,4-6,21H2,1-3H3/b20-9+. The molecule has 0 radical (unpaired) electrons. The molecule has 0 bridgehead atoms. The number of hydrogen-bond donors (Lipinski definition) is 0. The monoisotopic (exact) mass is 496 g/mol. The Labute approximate surface area is 218 Å². The molecule has 4 aromatic rings. The molecule has 3 aromatic carbocycles. The summed E-state index contributed by atoms with van der Waals surface area (Å²) in [7, 11) is 3.06. The number of carbonyl (C=O) groups is 1. The van der Waals surface area contributed by atoms with Gasteiger partial charge in [0.25, 0.3) is 0 Å². The Bertz CT molecular complexity index is 1320. The second-order valence-electron chi connectivity index (χ2n) is 8.51. The summed E-state index contributed by atoms with van der Waals surface area (Å²) in [5.41, 5.74) is 5.35. The summed E-state index contributed by atoms with van der Waals surface area (Å²) in [6.45, 7) is 3.43. The van der Waals surface area contributed by atoms with Gasteiger partial charge in [0.1, 0.15) is 17.3 Å². The van der Waals surface area contributed by atoms with Crippen LogP contribution in [0, 0.1) is 0 Å². The molecule has 0 fully saturated rings. The summed E-state index contributed by atoms with van der Waals surface area (Å²) in [6.07, 6.45) is 7.21. The zero-order chi connectivity index (χ0) is 26.0. The molecular weight excluding hydrogens is 464 g/mol. The number of rotatable bonds is 11. The fourth-order valence-corrected chi connectivity index (χ4v) is 3.93. The van der Waals surface area contributed by atoms with E-state index in [4.69, 9.17) is 14.5 Å². The third kappa shape index (κ3) is 6.88. The van der Waals surface area contributed by atoms with Crippen LogP contribution in [0.25, 0.3) is 34.5 Å². The third-order valence-corrected chi connectivity index (χ3v) is 6.08. The summed E-state index contributed by atoms with van der Waals surface area (Å²) in [6, 6.07) is 24.4. The molecule has 0 N–H and O–H groups in total. The van der Waals surface area contributed by atoms with Crippen molar-refractivity contribution in [2.75, 3.05) is 20.8 Å². The SMILES string of the molecule is CCn1cc(-c2ccc(OC)cc2)nc1/C=C/c1ccc(-c2ccc(OCCCC(=O)OC)cc2)cc1. The number of aryl methyl sites for hydroxylation is 1. The van der Waals surface area contributed by atoms with E-state index < -0.39 is 0 Å². The van der Waals surface area contributed by atoms with E-state index in [1.54, 1.807) is 7.11 Å². The van der Waals surface area contributed by atoms with E-state index in [0.717, 1.165) is 51.8 Å². The molecule has 0 aliphatic heterocycles. The van der Waals surface area contributed by atoms with Crippen molar-refractivity contribution >= 4 is 18.1 Å². The lowest BCUT2D eigenvalue weighted by Gasteiger charge is -2.07. The van der Waals surface area contributed by atoms with Crippen molar-refractivity contribution in [3.63, 3.8) is 0 Å². The molecule has 0 saturated heterocycles. The fraction of sp³-hybridized carbons (Fsp3) is 0.226. The van der Waals surface area contributed by atoms with Crippen molar-refractivity contribution in [2.45, 2.75) is 26.3 Å². The predicted octanol–water partition coefficient (Wildman–Crippen LogP) is 6.75. The maximum atomic E-state index is 11.2. The first-order valence-electron chi connectivity index (χ1n) is 12.4. The maximum Gasteiger partial charge on any atom is 0.305 e.